The van der Waals surface area contributed by atoms with Gasteiger partial charge in [-0.1, -0.05) is 30.4 Å². The number of hydrogen-bond donors (Lipinski definition) is 0. The Kier molecular flexibility index (Phi) is 7.37. The first-order chi connectivity index (χ1) is 14.0. The quantitative estimate of drug-likeness (QED) is 0.506. The maximum Gasteiger partial charge on any atom is 0.166 e. The van der Waals surface area contributed by atoms with Crippen LogP contribution in [0, 0.1) is 17.5 Å². The minimum atomic E-state index is -0.856. The number of ether oxygens (including phenoxy) is 2. The topological polar surface area (TPSA) is 18.5 Å². The fourth-order valence-corrected chi connectivity index (χ4v) is 3.87. The molecule has 0 heterocycles. The zero-order chi connectivity index (χ0) is 20.8. The molecule has 0 bridgehead atoms. The van der Waals surface area contributed by atoms with Gasteiger partial charge in [-0.15, -0.1) is 0 Å². The first kappa shape index (κ1) is 21.4. The second-order valence-corrected chi connectivity index (χ2v) is 7.34. The minimum absolute atomic E-state index is 0.0327. The van der Waals surface area contributed by atoms with Crippen LogP contribution in [0.4, 0.5) is 13.2 Å². The van der Waals surface area contributed by atoms with Gasteiger partial charge in [-0.2, -0.15) is 0 Å². The lowest BCUT2D eigenvalue weighted by molar-refractivity contribution is 0.0117. The summed E-state index contributed by atoms with van der Waals surface area (Å²) >= 11 is 0. The van der Waals surface area contributed by atoms with E-state index in [0.717, 1.165) is 25.7 Å². The monoisotopic (exact) mass is 404 g/mol. The highest BCUT2D eigenvalue weighted by atomic mass is 19.2. The first-order valence-corrected chi connectivity index (χ1v) is 10.2. The van der Waals surface area contributed by atoms with Crippen LogP contribution in [-0.4, -0.2) is 12.7 Å². The molecule has 5 heteroatoms. The molecule has 2 nitrogen and oxygen atoms in total. The molecule has 1 fully saturated rings. The molecular formula is C24H27F3O2. The molecule has 1 saturated carbocycles. The van der Waals surface area contributed by atoms with Crippen LogP contribution in [0.15, 0.2) is 36.4 Å². The van der Waals surface area contributed by atoms with E-state index in [0.29, 0.717) is 17.9 Å². The Morgan fingerprint density at radius 2 is 1.76 bits per heavy atom. The van der Waals surface area contributed by atoms with Crippen molar-refractivity contribution in [1.82, 2.24) is 0 Å². The minimum Gasteiger partial charge on any atom is -0.494 e. The maximum absolute atomic E-state index is 14.4. The van der Waals surface area contributed by atoms with Crippen LogP contribution >= 0.6 is 0 Å². The van der Waals surface area contributed by atoms with E-state index in [9.17, 15) is 13.2 Å². The van der Waals surface area contributed by atoms with Gasteiger partial charge in [0.2, 0.25) is 0 Å². The zero-order valence-corrected chi connectivity index (χ0v) is 16.9. The maximum atomic E-state index is 14.4. The predicted octanol–water partition coefficient (Wildman–Crippen LogP) is 6.78. The summed E-state index contributed by atoms with van der Waals surface area (Å²) in [5, 5.41) is 0. The zero-order valence-electron chi connectivity index (χ0n) is 16.9. The normalized spacial score (nSPS) is 19.6. The summed E-state index contributed by atoms with van der Waals surface area (Å²) in [7, 11) is 0. The summed E-state index contributed by atoms with van der Waals surface area (Å²) < 4.78 is 53.8. The summed E-state index contributed by atoms with van der Waals surface area (Å²) in [5.41, 5.74) is 1.15. The molecule has 0 saturated heterocycles. The van der Waals surface area contributed by atoms with E-state index in [1.165, 1.54) is 12.1 Å². The van der Waals surface area contributed by atoms with Crippen molar-refractivity contribution in [2.24, 2.45) is 0 Å². The van der Waals surface area contributed by atoms with Crippen molar-refractivity contribution in [3.8, 4) is 5.75 Å². The predicted molar refractivity (Wildman–Crippen MR) is 108 cm³/mol. The molecule has 0 aliphatic heterocycles. The third kappa shape index (κ3) is 5.21. The summed E-state index contributed by atoms with van der Waals surface area (Å²) in [6.45, 7) is 4.16. The fourth-order valence-electron chi connectivity index (χ4n) is 3.87. The van der Waals surface area contributed by atoms with Crippen molar-refractivity contribution < 1.29 is 22.6 Å². The Hall–Kier alpha value is -2.27. The number of halogens is 3. The molecule has 0 aromatic heterocycles. The third-order valence-electron chi connectivity index (χ3n) is 5.41. The van der Waals surface area contributed by atoms with Gasteiger partial charge in [0, 0.05) is 17.2 Å². The summed E-state index contributed by atoms with van der Waals surface area (Å²) in [5.74, 6) is -1.26. The van der Waals surface area contributed by atoms with Crippen molar-refractivity contribution >= 4 is 6.08 Å². The van der Waals surface area contributed by atoms with Gasteiger partial charge in [0.05, 0.1) is 19.3 Å². The van der Waals surface area contributed by atoms with Gasteiger partial charge in [-0.25, -0.2) is 13.2 Å². The summed E-state index contributed by atoms with van der Waals surface area (Å²) in [6, 6.07) is 8.17. The third-order valence-corrected chi connectivity index (χ3v) is 5.41. The van der Waals surface area contributed by atoms with Gasteiger partial charge >= 0.3 is 0 Å². The Morgan fingerprint density at radius 3 is 2.41 bits per heavy atom. The van der Waals surface area contributed by atoms with Crippen LogP contribution in [0.3, 0.4) is 0 Å². The van der Waals surface area contributed by atoms with Gasteiger partial charge in [0.15, 0.2) is 11.6 Å². The Bertz CT molecular complexity index is 855. The van der Waals surface area contributed by atoms with Gasteiger partial charge in [-0.05, 0) is 57.1 Å². The second kappa shape index (κ2) is 9.97. The lowest BCUT2D eigenvalue weighted by Crippen LogP contribution is -2.21. The lowest BCUT2D eigenvalue weighted by Gasteiger charge is -2.29. The summed E-state index contributed by atoms with van der Waals surface area (Å²) in [4.78, 5) is 0. The van der Waals surface area contributed by atoms with E-state index in [2.05, 4.69) is 0 Å². The molecule has 0 spiro atoms. The van der Waals surface area contributed by atoms with Gasteiger partial charge in [0.1, 0.15) is 11.6 Å². The van der Waals surface area contributed by atoms with E-state index in [-0.39, 0.29) is 35.6 Å². The van der Waals surface area contributed by atoms with Crippen molar-refractivity contribution in [3.05, 3.63) is 70.5 Å². The van der Waals surface area contributed by atoms with Gasteiger partial charge in [0.25, 0.3) is 0 Å². The molecule has 2 aromatic carbocycles. The number of allylic oxidation sites excluding steroid dienone is 1. The van der Waals surface area contributed by atoms with Crippen molar-refractivity contribution in [3.63, 3.8) is 0 Å². The van der Waals surface area contributed by atoms with E-state index in [4.69, 9.17) is 9.47 Å². The number of benzene rings is 2. The molecular weight excluding hydrogens is 377 g/mol. The van der Waals surface area contributed by atoms with Crippen LogP contribution in [0.2, 0.25) is 0 Å². The highest BCUT2D eigenvalue weighted by molar-refractivity contribution is 5.50. The Labute approximate surface area is 170 Å². The molecule has 1 aliphatic carbocycles. The SMILES string of the molecule is CC=Cc1ccc(COC2CCC(c3ccc(OCC)cc3F)CC2)c(F)c1F. The molecule has 156 valence electrons. The van der Waals surface area contributed by atoms with E-state index in [1.807, 2.05) is 6.92 Å². The highest BCUT2D eigenvalue weighted by Crippen LogP contribution is 2.36. The second-order valence-electron chi connectivity index (χ2n) is 7.34. The standard InChI is InChI=1S/C24H27F3O2/c1-3-5-17-6-7-18(24(27)23(17)26)15-29-19-10-8-16(9-11-19)21-13-12-20(28-4-2)14-22(21)25/h3,5-7,12-14,16,19H,4,8-11,15H2,1-2H3. The van der Waals surface area contributed by atoms with Crippen LogP contribution in [0.5, 0.6) is 5.75 Å². The van der Waals surface area contributed by atoms with Crippen LogP contribution < -0.4 is 4.74 Å². The Morgan fingerprint density at radius 1 is 1.00 bits per heavy atom. The Balaban J connectivity index is 1.55. The summed E-state index contributed by atoms with van der Waals surface area (Å²) in [6.07, 6.45) is 6.29. The largest absolute Gasteiger partial charge is 0.494 e. The molecule has 0 amide bonds. The number of rotatable bonds is 7. The van der Waals surface area contributed by atoms with Gasteiger partial charge < -0.3 is 9.47 Å². The van der Waals surface area contributed by atoms with E-state index >= 15 is 0 Å². The molecule has 0 N–H and O–H groups in total. The number of hydrogen-bond acceptors (Lipinski definition) is 2. The van der Waals surface area contributed by atoms with Crippen molar-refractivity contribution in [2.75, 3.05) is 6.61 Å². The van der Waals surface area contributed by atoms with Crippen LogP contribution in [0.25, 0.3) is 6.08 Å². The van der Waals surface area contributed by atoms with Crippen LogP contribution in [0.1, 0.15) is 62.1 Å². The fraction of sp³-hybridized carbons (Fsp3) is 0.417. The van der Waals surface area contributed by atoms with Crippen LogP contribution in [-0.2, 0) is 11.3 Å². The van der Waals surface area contributed by atoms with E-state index < -0.39 is 11.6 Å². The average Bonchev–Trinajstić information content (AvgIpc) is 2.72. The molecule has 29 heavy (non-hydrogen) atoms. The molecule has 2 aromatic rings. The molecule has 0 unspecified atom stereocenters. The lowest BCUT2D eigenvalue weighted by atomic mass is 9.82. The molecule has 0 radical (unpaired) electrons. The molecule has 1 aliphatic rings. The smallest absolute Gasteiger partial charge is 0.166 e. The average molecular weight is 404 g/mol. The molecule has 0 atom stereocenters. The first-order valence-electron chi connectivity index (χ1n) is 10.2. The van der Waals surface area contributed by atoms with Crippen molar-refractivity contribution in [2.45, 2.75) is 58.2 Å². The highest BCUT2D eigenvalue weighted by Gasteiger charge is 2.25. The molecule has 3 rings (SSSR count). The van der Waals surface area contributed by atoms with Crippen molar-refractivity contribution in [1.29, 1.82) is 0 Å². The van der Waals surface area contributed by atoms with Gasteiger partial charge in [-0.3, -0.25) is 0 Å². The van der Waals surface area contributed by atoms with E-state index in [1.54, 1.807) is 37.3 Å².